The minimum Gasteiger partial charge on any atom is -0.377 e. The van der Waals surface area contributed by atoms with Crippen LogP contribution in [0.1, 0.15) is 57.4 Å². The number of nitrogens with zero attached hydrogens (tertiary/aromatic N) is 3. The van der Waals surface area contributed by atoms with E-state index in [-0.39, 0.29) is 12.0 Å². The minimum absolute atomic E-state index is 0.0770. The van der Waals surface area contributed by atoms with E-state index in [0.29, 0.717) is 11.8 Å². The SMILES string of the molecule is CC[C@@H]1OCCC[C@@H]1C(=O)N1CCC(c2cnn(CC)c2)CC1. The van der Waals surface area contributed by atoms with Gasteiger partial charge in [-0.15, -0.1) is 0 Å². The smallest absolute Gasteiger partial charge is 0.228 e. The Morgan fingerprint density at radius 2 is 2.09 bits per heavy atom. The molecule has 1 aromatic rings. The number of carbonyl (C=O) groups is 1. The second-order valence-electron chi connectivity index (χ2n) is 6.80. The van der Waals surface area contributed by atoms with Gasteiger partial charge in [-0.3, -0.25) is 9.48 Å². The molecule has 3 heterocycles. The number of hydrogen-bond donors (Lipinski definition) is 0. The summed E-state index contributed by atoms with van der Waals surface area (Å²) >= 11 is 0. The van der Waals surface area contributed by atoms with E-state index < -0.39 is 0 Å². The molecule has 2 saturated heterocycles. The highest BCUT2D eigenvalue weighted by atomic mass is 16.5. The van der Waals surface area contributed by atoms with E-state index in [4.69, 9.17) is 4.74 Å². The van der Waals surface area contributed by atoms with Gasteiger partial charge in [-0.05, 0) is 50.5 Å². The average molecular weight is 319 g/mol. The summed E-state index contributed by atoms with van der Waals surface area (Å²) in [6.07, 6.45) is 9.30. The largest absolute Gasteiger partial charge is 0.377 e. The van der Waals surface area contributed by atoms with Crippen LogP contribution >= 0.6 is 0 Å². The summed E-state index contributed by atoms with van der Waals surface area (Å²) in [5.41, 5.74) is 1.33. The zero-order chi connectivity index (χ0) is 16.2. The highest BCUT2D eigenvalue weighted by Gasteiger charge is 2.35. The molecule has 0 aliphatic carbocycles. The molecular formula is C18H29N3O2. The first kappa shape index (κ1) is 16.5. The summed E-state index contributed by atoms with van der Waals surface area (Å²) in [5.74, 6) is 0.941. The van der Waals surface area contributed by atoms with Crippen LogP contribution in [0.2, 0.25) is 0 Å². The molecule has 23 heavy (non-hydrogen) atoms. The fourth-order valence-corrected chi connectivity index (χ4v) is 3.96. The molecule has 1 amide bonds. The van der Waals surface area contributed by atoms with Crippen molar-refractivity contribution in [2.75, 3.05) is 19.7 Å². The van der Waals surface area contributed by atoms with Gasteiger partial charge in [0.15, 0.2) is 0 Å². The number of amides is 1. The van der Waals surface area contributed by atoms with E-state index in [9.17, 15) is 4.79 Å². The van der Waals surface area contributed by atoms with Gasteiger partial charge in [0.05, 0.1) is 18.2 Å². The molecule has 2 aliphatic rings. The van der Waals surface area contributed by atoms with Crippen LogP contribution in [0.3, 0.4) is 0 Å². The first-order valence-corrected chi connectivity index (χ1v) is 9.15. The molecule has 0 aromatic carbocycles. The average Bonchev–Trinajstić information content (AvgIpc) is 3.10. The molecule has 2 aliphatic heterocycles. The molecule has 128 valence electrons. The van der Waals surface area contributed by atoms with E-state index in [1.54, 1.807) is 0 Å². The Labute approximate surface area is 139 Å². The number of rotatable bonds is 4. The van der Waals surface area contributed by atoms with Gasteiger partial charge in [0.25, 0.3) is 0 Å². The lowest BCUT2D eigenvalue weighted by Crippen LogP contribution is -2.46. The van der Waals surface area contributed by atoms with Crippen molar-refractivity contribution < 1.29 is 9.53 Å². The van der Waals surface area contributed by atoms with Crippen LogP contribution in [-0.4, -0.2) is 46.4 Å². The third-order valence-electron chi connectivity index (χ3n) is 5.41. The summed E-state index contributed by atoms with van der Waals surface area (Å²) in [5, 5.41) is 4.38. The molecular weight excluding hydrogens is 290 g/mol. The van der Waals surface area contributed by atoms with E-state index in [1.165, 1.54) is 5.56 Å². The first-order valence-electron chi connectivity index (χ1n) is 9.15. The molecule has 1 aromatic heterocycles. The maximum atomic E-state index is 12.8. The lowest BCUT2D eigenvalue weighted by Gasteiger charge is -2.37. The molecule has 0 bridgehead atoms. The van der Waals surface area contributed by atoms with Gasteiger partial charge in [0.2, 0.25) is 5.91 Å². The van der Waals surface area contributed by atoms with Crippen LogP contribution in [-0.2, 0) is 16.1 Å². The molecule has 5 heteroatoms. The molecule has 2 fully saturated rings. The monoisotopic (exact) mass is 319 g/mol. The quantitative estimate of drug-likeness (QED) is 0.857. The van der Waals surface area contributed by atoms with Crippen LogP contribution in [0.4, 0.5) is 0 Å². The predicted molar refractivity (Wildman–Crippen MR) is 89.2 cm³/mol. The van der Waals surface area contributed by atoms with Crippen molar-refractivity contribution in [1.82, 2.24) is 14.7 Å². The standard InChI is InChI=1S/C18H29N3O2/c1-3-17-16(6-5-11-23-17)18(22)20-9-7-14(8-10-20)15-12-19-21(4-2)13-15/h12-14,16-17H,3-11H2,1-2H3/t16-,17-/m0/s1. The van der Waals surface area contributed by atoms with Crippen molar-refractivity contribution in [2.45, 2.75) is 64.5 Å². The van der Waals surface area contributed by atoms with Crippen LogP contribution < -0.4 is 0 Å². The number of piperidine rings is 1. The Hall–Kier alpha value is -1.36. The number of aromatic nitrogens is 2. The molecule has 0 N–H and O–H groups in total. The molecule has 5 nitrogen and oxygen atoms in total. The molecule has 0 saturated carbocycles. The maximum absolute atomic E-state index is 12.8. The lowest BCUT2D eigenvalue weighted by molar-refractivity contribution is -0.146. The van der Waals surface area contributed by atoms with E-state index in [0.717, 1.165) is 58.3 Å². The zero-order valence-corrected chi connectivity index (χ0v) is 14.4. The summed E-state index contributed by atoms with van der Waals surface area (Å²) < 4.78 is 7.78. The summed E-state index contributed by atoms with van der Waals surface area (Å²) in [6.45, 7) is 7.69. The number of hydrogen-bond acceptors (Lipinski definition) is 3. The van der Waals surface area contributed by atoms with Crippen molar-refractivity contribution in [3.63, 3.8) is 0 Å². The van der Waals surface area contributed by atoms with Crippen molar-refractivity contribution in [3.05, 3.63) is 18.0 Å². The minimum atomic E-state index is 0.0770. The number of aryl methyl sites for hydroxylation is 1. The molecule has 3 rings (SSSR count). The Balaban J connectivity index is 1.56. The highest BCUT2D eigenvalue weighted by molar-refractivity contribution is 5.79. The van der Waals surface area contributed by atoms with Crippen LogP contribution in [0.5, 0.6) is 0 Å². The molecule has 0 spiro atoms. The Morgan fingerprint density at radius 1 is 1.30 bits per heavy atom. The first-order chi connectivity index (χ1) is 11.2. The van der Waals surface area contributed by atoms with Crippen LogP contribution in [0, 0.1) is 5.92 Å². The second-order valence-corrected chi connectivity index (χ2v) is 6.80. The second kappa shape index (κ2) is 7.47. The number of likely N-dealkylation sites (tertiary alicyclic amines) is 1. The highest BCUT2D eigenvalue weighted by Crippen LogP contribution is 2.31. The number of ether oxygens (including phenoxy) is 1. The molecule has 2 atom stereocenters. The van der Waals surface area contributed by atoms with E-state index in [1.807, 2.05) is 10.9 Å². The van der Waals surface area contributed by atoms with Crippen molar-refractivity contribution >= 4 is 5.91 Å². The van der Waals surface area contributed by atoms with Gasteiger partial charge in [0, 0.05) is 32.4 Å². The van der Waals surface area contributed by atoms with Gasteiger partial charge in [-0.25, -0.2) is 0 Å². The van der Waals surface area contributed by atoms with Crippen LogP contribution in [0.25, 0.3) is 0 Å². The summed E-state index contributed by atoms with van der Waals surface area (Å²) in [7, 11) is 0. The maximum Gasteiger partial charge on any atom is 0.228 e. The fraction of sp³-hybridized carbons (Fsp3) is 0.778. The third-order valence-corrected chi connectivity index (χ3v) is 5.41. The van der Waals surface area contributed by atoms with E-state index >= 15 is 0 Å². The third kappa shape index (κ3) is 3.60. The topological polar surface area (TPSA) is 47.4 Å². The fourth-order valence-electron chi connectivity index (χ4n) is 3.96. The van der Waals surface area contributed by atoms with Crippen molar-refractivity contribution in [2.24, 2.45) is 5.92 Å². The summed E-state index contributed by atoms with van der Waals surface area (Å²) in [6, 6.07) is 0. The van der Waals surface area contributed by atoms with Gasteiger partial charge >= 0.3 is 0 Å². The van der Waals surface area contributed by atoms with Crippen molar-refractivity contribution in [1.29, 1.82) is 0 Å². The van der Waals surface area contributed by atoms with Gasteiger partial charge < -0.3 is 9.64 Å². The molecule has 0 radical (unpaired) electrons. The van der Waals surface area contributed by atoms with Gasteiger partial charge in [-0.1, -0.05) is 6.92 Å². The summed E-state index contributed by atoms with van der Waals surface area (Å²) in [4.78, 5) is 14.9. The predicted octanol–water partition coefficient (Wildman–Crippen LogP) is 2.81. The molecule has 0 unspecified atom stereocenters. The van der Waals surface area contributed by atoms with Gasteiger partial charge in [-0.2, -0.15) is 5.10 Å². The van der Waals surface area contributed by atoms with E-state index in [2.05, 4.69) is 30.0 Å². The normalized spacial score (nSPS) is 26.4. The Kier molecular flexibility index (Phi) is 5.36. The Bertz CT molecular complexity index is 520. The lowest BCUT2D eigenvalue weighted by atomic mass is 9.88. The number of carbonyl (C=O) groups excluding carboxylic acids is 1. The van der Waals surface area contributed by atoms with Gasteiger partial charge in [0.1, 0.15) is 0 Å². The Morgan fingerprint density at radius 3 is 2.74 bits per heavy atom. The van der Waals surface area contributed by atoms with Crippen molar-refractivity contribution in [3.8, 4) is 0 Å². The van der Waals surface area contributed by atoms with Crippen LogP contribution in [0.15, 0.2) is 12.4 Å². The zero-order valence-electron chi connectivity index (χ0n) is 14.4.